The van der Waals surface area contributed by atoms with Gasteiger partial charge in [0.1, 0.15) is 0 Å². The van der Waals surface area contributed by atoms with Gasteiger partial charge in [0.05, 0.1) is 23.7 Å². The number of piperidine rings is 1. The highest BCUT2D eigenvalue weighted by atomic mass is 19.4. The molecule has 2 amide bonds. The predicted octanol–water partition coefficient (Wildman–Crippen LogP) is 2.97. The summed E-state index contributed by atoms with van der Waals surface area (Å²) in [7, 11) is 0. The summed E-state index contributed by atoms with van der Waals surface area (Å²) >= 11 is 0. The minimum atomic E-state index is -4.43. The molecule has 1 aromatic carbocycles. The molecule has 1 aliphatic heterocycles. The van der Waals surface area contributed by atoms with Crippen LogP contribution in [0.1, 0.15) is 47.3 Å². The Bertz CT molecular complexity index is 954. The van der Waals surface area contributed by atoms with Crippen LogP contribution in [0.3, 0.4) is 0 Å². The zero-order chi connectivity index (χ0) is 21.3. The summed E-state index contributed by atoms with van der Waals surface area (Å²) in [6, 6.07) is 4.95. The number of carbonyl (C=O) groups is 2. The molecule has 0 bridgehead atoms. The third-order valence-electron chi connectivity index (χ3n) is 5.82. The van der Waals surface area contributed by atoms with E-state index in [0.717, 1.165) is 42.8 Å². The molecule has 0 spiro atoms. The van der Waals surface area contributed by atoms with Crippen molar-refractivity contribution in [1.82, 2.24) is 20.4 Å². The molecule has 160 valence electrons. The molecule has 1 fully saturated rings. The molecule has 1 aromatic heterocycles. The van der Waals surface area contributed by atoms with Gasteiger partial charge in [0.25, 0.3) is 0 Å². The number of nitrogens with zero attached hydrogens (tertiary/aromatic N) is 2. The van der Waals surface area contributed by atoms with Crippen molar-refractivity contribution in [2.75, 3.05) is 6.54 Å². The van der Waals surface area contributed by atoms with Crippen LogP contribution in [0.2, 0.25) is 0 Å². The molecule has 1 atom stereocenters. The Morgan fingerprint density at radius 3 is 2.90 bits per heavy atom. The summed E-state index contributed by atoms with van der Waals surface area (Å²) in [5.74, 6) is -0.701. The van der Waals surface area contributed by atoms with Crippen LogP contribution in [0.25, 0.3) is 0 Å². The molecule has 2 aromatic rings. The summed E-state index contributed by atoms with van der Waals surface area (Å²) < 4.78 is 38.8. The minimum Gasteiger partial charge on any atom is -0.350 e. The van der Waals surface area contributed by atoms with Crippen molar-refractivity contribution in [2.45, 2.75) is 51.4 Å². The second kappa shape index (κ2) is 8.12. The van der Waals surface area contributed by atoms with E-state index in [1.165, 1.54) is 16.5 Å². The molecule has 0 saturated carbocycles. The molecule has 4 rings (SSSR count). The molecule has 9 heteroatoms. The number of likely N-dealkylation sites (tertiary alicyclic amines) is 1. The number of aromatic nitrogens is 2. The van der Waals surface area contributed by atoms with Crippen molar-refractivity contribution in [3.63, 3.8) is 0 Å². The van der Waals surface area contributed by atoms with Crippen LogP contribution in [0.4, 0.5) is 13.2 Å². The standard InChI is InChI=1S/C21H23F3N4O2/c22-21(23,24)15-4-1-3-13(9-15)11-28-12-14(7-8-19(28)29)20(30)25-10-18-16-5-2-6-17(16)26-27-18/h1,3-4,9,14H,2,5-8,10-12H2,(H,25,30)(H,26,27). The molecule has 1 aliphatic carbocycles. The highest BCUT2D eigenvalue weighted by Gasteiger charge is 2.32. The van der Waals surface area contributed by atoms with Crippen LogP contribution in [0, 0.1) is 5.92 Å². The van der Waals surface area contributed by atoms with E-state index >= 15 is 0 Å². The fraction of sp³-hybridized carbons (Fsp3) is 0.476. The van der Waals surface area contributed by atoms with Crippen LogP contribution in [-0.2, 0) is 41.7 Å². The average Bonchev–Trinajstić information content (AvgIpc) is 3.32. The Hall–Kier alpha value is -2.84. The number of hydrogen-bond acceptors (Lipinski definition) is 3. The highest BCUT2D eigenvalue weighted by Crippen LogP contribution is 2.30. The molecule has 2 N–H and O–H groups in total. The van der Waals surface area contributed by atoms with Gasteiger partial charge >= 0.3 is 6.18 Å². The smallest absolute Gasteiger partial charge is 0.350 e. The van der Waals surface area contributed by atoms with Crippen molar-refractivity contribution >= 4 is 11.8 Å². The van der Waals surface area contributed by atoms with Gasteiger partial charge in [0.15, 0.2) is 0 Å². The number of amides is 2. The van der Waals surface area contributed by atoms with Crippen LogP contribution in [0.15, 0.2) is 24.3 Å². The van der Waals surface area contributed by atoms with Gasteiger partial charge in [0, 0.05) is 25.2 Å². The van der Waals surface area contributed by atoms with Crippen molar-refractivity contribution in [3.05, 3.63) is 52.3 Å². The van der Waals surface area contributed by atoms with E-state index in [1.54, 1.807) is 6.07 Å². The SMILES string of the molecule is O=C(NCc1n[nH]c2c1CCC2)C1CCC(=O)N(Cc2cccc(C(F)(F)F)c2)C1. The monoisotopic (exact) mass is 420 g/mol. The number of aryl methyl sites for hydroxylation is 1. The third kappa shape index (κ3) is 4.34. The van der Waals surface area contributed by atoms with E-state index in [-0.39, 0.29) is 37.2 Å². The van der Waals surface area contributed by atoms with Gasteiger partial charge in [-0.3, -0.25) is 14.7 Å². The lowest BCUT2D eigenvalue weighted by molar-refractivity contribution is -0.139. The molecular formula is C21H23F3N4O2. The van der Waals surface area contributed by atoms with Gasteiger partial charge in [-0.2, -0.15) is 18.3 Å². The lowest BCUT2D eigenvalue weighted by Crippen LogP contribution is -2.45. The fourth-order valence-corrected chi connectivity index (χ4v) is 4.20. The Balaban J connectivity index is 1.37. The Labute approximate surface area is 171 Å². The van der Waals surface area contributed by atoms with E-state index in [9.17, 15) is 22.8 Å². The summed E-state index contributed by atoms with van der Waals surface area (Å²) in [6.07, 6.45) is -0.779. The minimum absolute atomic E-state index is 0.0550. The first-order chi connectivity index (χ1) is 14.3. The van der Waals surface area contributed by atoms with E-state index in [1.807, 2.05) is 0 Å². The number of H-pyrrole nitrogens is 1. The fourth-order valence-electron chi connectivity index (χ4n) is 4.20. The van der Waals surface area contributed by atoms with Gasteiger partial charge < -0.3 is 10.2 Å². The second-order valence-corrected chi connectivity index (χ2v) is 7.91. The summed E-state index contributed by atoms with van der Waals surface area (Å²) in [4.78, 5) is 26.4. The quantitative estimate of drug-likeness (QED) is 0.781. The van der Waals surface area contributed by atoms with Crippen LogP contribution in [0.5, 0.6) is 0 Å². The Kier molecular flexibility index (Phi) is 5.53. The van der Waals surface area contributed by atoms with Crippen LogP contribution >= 0.6 is 0 Å². The van der Waals surface area contributed by atoms with Crippen LogP contribution < -0.4 is 5.32 Å². The van der Waals surface area contributed by atoms with E-state index in [4.69, 9.17) is 0 Å². The van der Waals surface area contributed by atoms with Gasteiger partial charge in [-0.15, -0.1) is 0 Å². The zero-order valence-corrected chi connectivity index (χ0v) is 16.4. The van der Waals surface area contributed by atoms with E-state index in [2.05, 4.69) is 15.5 Å². The number of fused-ring (bicyclic) bond motifs is 1. The van der Waals surface area contributed by atoms with Gasteiger partial charge in [0.2, 0.25) is 11.8 Å². The van der Waals surface area contributed by atoms with E-state index in [0.29, 0.717) is 18.5 Å². The highest BCUT2D eigenvalue weighted by molar-refractivity contribution is 5.83. The number of hydrogen-bond donors (Lipinski definition) is 2. The summed E-state index contributed by atoms with van der Waals surface area (Å²) in [5.41, 5.74) is 2.82. The number of alkyl halides is 3. The maximum Gasteiger partial charge on any atom is 0.416 e. The van der Waals surface area contributed by atoms with Crippen molar-refractivity contribution < 1.29 is 22.8 Å². The number of aromatic amines is 1. The normalized spacial score (nSPS) is 19.1. The zero-order valence-electron chi connectivity index (χ0n) is 16.4. The lowest BCUT2D eigenvalue weighted by Gasteiger charge is -2.32. The average molecular weight is 420 g/mol. The molecule has 2 aliphatic rings. The molecular weight excluding hydrogens is 397 g/mol. The molecule has 1 unspecified atom stereocenters. The summed E-state index contributed by atoms with van der Waals surface area (Å²) in [6.45, 7) is 0.585. The molecule has 1 saturated heterocycles. The lowest BCUT2D eigenvalue weighted by atomic mass is 9.96. The van der Waals surface area contributed by atoms with Crippen molar-refractivity contribution in [3.8, 4) is 0 Å². The third-order valence-corrected chi connectivity index (χ3v) is 5.82. The predicted molar refractivity (Wildman–Crippen MR) is 102 cm³/mol. The maximum absolute atomic E-state index is 12.9. The number of rotatable bonds is 5. The first-order valence-electron chi connectivity index (χ1n) is 10.1. The molecule has 0 radical (unpaired) electrons. The molecule has 2 heterocycles. The Morgan fingerprint density at radius 1 is 1.27 bits per heavy atom. The van der Waals surface area contributed by atoms with E-state index < -0.39 is 11.7 Å². The summed E-state index contributed by atoms with van der Waals surface area (Å²) in [5, 5.41) is 10.2. The molecule has 6 nitrogen and oxygen atoms in total. The van der Waals surface area contributed by atoms with Gasteiger partial charge in [-0.25, -0.2) is 0 Å². The number of halogens is 3. The second-order valence-electron chi connectivity index (χ2n) is 7.91. The maximum atomic E-state index is 12.9. The van der Waals surface area contributed by atoms with Crippen LogP contribution in [-0.4, -0.2) is 33.5 Å². The Morgan fingerprint density at radius 2 is 2.10 bits per heavy atom. The number of nitrogens with one attached hydrogen (secondary N) is 2. The molecule has 30 heavy (non-hydrogen) atoms. The van der Waals surface area contributed by atoms with Gasteiger partial charge in [-0.05, 0) is 48.9 Å². The number of benzene rings is 1. The largest absolute Gasteiger partial charge is 0.416 e. The van der Waals surface area contributed by atoms with Crippen molar-refractivity contribution in [1.29, 1.82) is 0 Å². The van der Waals surface area contributed by atoms with Crippen molar-refractivity contribution in [2.24, 2.45) is 5.92 Å². The van der Waals surface area contributed by atoms with Gasteiger partial charge in [-0.1, -0.05) is 12.1 Å². The first kappa shape index (κ1) is 20.4. The topological polar surface area (TPSA) is 78.1 Å². The first-order valence-corrected chi connectivity index (χ1v) is 10.1. The number of carbonyl (C=O) groups excluding carboxylic acids is 2.